The Kier molecular flexibility index (Phi) is 14.6. The highest BCUT2D eigenvalue weighted by atomic mass is 32.2. The van der Waals surface area contributed by atoms with E-state index >= 15 is 0 Å². The normalized spacial score (nSPS) is 10.4. The van der Waals surface area contributed by atoms with Crippen molar-refractivity contribution in [2.24, 2.45) is 0 Å². The summed E-state index contributed by atoms with van der Waals surface area (Å²) in [5.41, 5.74) is 7.00. The zero-order valence-electron chi connectivity index (χ0n) is 26.9. The maximum absolute atomic E-state index is 11.3. The van der Waals surface area contributed by atoms with Gasteiger partial charge in [0, 0.05) is 5.92 Å². The first-order chi connectivity index (χ1) is 23.1. The molecule has 0 saturated carbocycles. The molecule has 3 nitrogen and oxygen atoms in total. The van der Waals surface area contributed by atoms with E-state index in [1.165, 1.54) is 29.4 Å². The number of thioether (sulfide) groups is 1. The molecule has 238 valence electrons. The van der Waals surface area contributed by atoms with Gasteiger partial charge in [0.05, 0.1) is 18.1 Å². The zero-order valence-corrected chi connectivity index (χ0v) is 27.7. The topological polar surface area (TPSA) is 46.5 Å². The van der Waals surface area contributed by atoms with Crippen molar-refractivity contribution < 1.29 is 14.6 Å². The summed E-state index contributed by atoms with van der Waals surface area (Å²) in [6.45, 7) is 2.24. The largest absolute Gasteiger partial charge is 0.468 e. The van der Waals surface area contributed by atoms with Crippen LogP contribution >= 0.6 is 11.8 Å². The smallest absolute Gasteiger partial charge is 0.315 e. The van der Waals surface area contributed by atoms with Crippen molar-refractivity contribution in [3.63, 3.8) is 0 Å². The molecule has 0 saturated heterocycles. The van der Waals surface area contributed by atoms with Crippen molar-refractivity contribution in [2.75, 3.05) is 12.9 Å². The van der Waals surface area contributed by atoms with E-state index in [1.54, 1.807) is 11.8 Å². The number of ether oxygens (including phenoxy) is 1. The van der Waals surface area contributed by atoms with Gasteiger partial charge in [0.15, 0.2) is 0 Å². The molecule has 0 unspecified atom stereocenters. The first-order valence-electron chi connectivity index (χ1n) is 15.7. The SMILES string of the molecule is CC(c1ccccc1)c1ccccc1.COC(=O)CSC(c1ccccc1)c1ccccc1.OC(c1ccccc1)c1ccccc1. The minimum atomic E-state index is -0.516. The molecule has 0 radical (unpaired) electrons. The molecule has 0 heterocycles. The fraction of sp³-hybridized carbons (Fsp3) is 0.140. The van der Waals surface area contributed by atoms with Crippen LogP contribution in [-0.2, 0) is 9.53 Å². The van der Waals surface area contributed by atoms with Gasteiger partial charge in [-0.25, -0.2) is 0 Å². The summed E-state index contributed by atoms with van der Waals surface area (Å²) in [5.74, 6) is 0.643. The van der Waals surface area contributed by atoms with Crippen molar-refractivity contribution in [3.05, 3.63) is 215 Å². The molecule has 0 bridgehead atoms. The monoisotopic (exact) mass is 638 g/mol. The first kappa shape index (κ1) is 35.0. The highest BCUT2D eigenvalue weighted by Gasteiger charge is 2.16. The Bertz CT molecular complexity index is 1480. The van der Waals surface area contributed by atoms with Gasteiger partial charge in [-0.05, 0) is 33.4 Å². The standard InChI is InChI=1S/C16H16O2S.C14H14.C13H12O/c1-18-15(17)12-19-16(13-8-4-2-5-9-13)14-10-6-3-7-11-14;1-12(13-8-4-2-5-9-13)14-10-6-3-7-11-14;14-13(11-7-3-1-4-8-11)12-9-5-2-6-10-12/h2-11,16H,12H2,1H3;2-12H,1H3;1-10,13-14H. The summed E-state index contributed by atoms with van der Waals surface area (Å²) in [5, 5.41) is 10.1. The van der Waals surface area contributed by atoms with E-state index in [0.29, 0.717) is 11.7 Å². The summed E-state index contributed by atoms with van der Waals surface area (Å²) in [4.78, 5) is 11.3. The fourth-order valence-electron chi connectivity index (χ4n) is 4.99. The first-order valence-corrected chi connectivity index (χ1v) is 16.8. The van der Waals surface area contributed by atoms with Crippen LogP contribution in [0.15, 0.2) is 182 Å². The molecule has 0 aliphatic heterocycles. The molecule has 47 heavy (non-hydrogen) atoms. The van der Waals surface area contributed by atoms with Crippen LogP contribution in [0.1, 0.15) is 57.6 Å². The lowest BCUT2D eigenvalue weighted by atomic mass is 9.93. The van der Waals surface area contributed by atoms with Gasteiger partial charge in [-0.1, -0.05) is 189 Å². The minimum Gasteiger partial charge on any atom is -0.468 e. The summed E-state index contributed by atoms with van der Waals surface area (Å²) in [6, 6.07) is 60.9. The second kappa shape index (κ2) is 19.6. The van der Waals surface area contributed by atoms with E-state index in [0.717, 1.165) is 11.1 Å². The second-order valence-electron chi connectivity index (χ2n) is 10.9. The highest BCUT2D eigenvalue weighted by molar-refractivity contribution is 8.00. The van der Waals surface area contributed by atoms with Crippen molar-refractivity contribution >= 4 is 17.7 Å². The van der Waals surface area contributed by atoms with Crippen molar-refractivity contribution in [2.45, 2.75) is 24.2 Å². The summed E-state index contributed by atoms with van der Waals surface area (Å²) in [7, 11) is 1.42. The lowest BCUT2D eigenvalue weighted by Crippen LogP contribution is -2.06. The number of aliphatic hydroxyl groups is 1. The second-order valence-corrected chi connectivity index (χ2v) is 11.9. The molecule has 0 aliphatic rings. The Morgan fingerprint density at radius 3 is 1.09 bits per heavy atom. The fourth-order valence-corrected chi connectivity index (χ4v) is 6.11. The number of hydrogen-bond acceptors (Lipinski definition) is 4. The lowest BCUT2D eigenvalue weighted by Gasteiger charge is -2.17. The molecule has 0 amide bonds. The molecule has 6 rings (SSSR count). The quantitative estimate of drug-likeness (QED) is 0.160. The number of benzene rings is 6. The van der Waals surface area contributed by atoms with Gasteiger partial charge in [0.25, 0.3) is 0 Å². The lowest BCUT2D eigenvalue weighted by molar-refractivity contribution is -0.137. The average molecular weight is 639 g/mol. The van der Waals surface area contributed by atoms with Gasteiger partial charge in [-0.15, -0.1) is 11.8 Å². The van der Waals surface area contributed by atoms with Crippen molar-refractivity contribution in [1.82, 2.24) is 0 Å². The summed E-state index contributed by atoms with van der Waals surface area (Å²) < 4.78 is 4.71. The molecular formula is C43H42O3S. The molecular weight excluding hydrogens is 597 g/mol. The van der Waals surface area contributed by atoms with Crippen LogP contribution < -0.4 is 0 Å². The van der Waals surface area contributed by atoms with Gasteiger partial charge in [0.1, 0.15) is 6.10 Å². The van der Waals surface area contributed by atoms with Gasteiger partial charge >= 0.3 is 5.97 Å². The van der Waals surface area contributed by atoms with Crippen LogP contribution in [0.2, 0.25) is 0 Å². The van der Waals surface area contributed by atoms with Crippen LogP contribution in [0.25, 0.3) is 0 Å². The van der Waals surface area contributed by atoms with E-state index in [4.69, 9.17) is 4.74 Å². The van der Waals surface area contributed by atoms with E-state index in [9.17, 15) is 9.90 Å². The average Bonchev–Trinajstić information content (AvgIpc) is 3.17. The van der Waals surface area contributed by atoms with Gasteiger partial charge in [-0.3, -0.25) is 4.79 Å². The zero-order chi connectivity index (χ0) is 33.1. The van der Waals surface area contributed by atoms with E-state index in [-0.39, 0.29) is 11.2 Å². The number of aliphatic hydroxyl groups excluding tert-OH is 1. The van der Waals surface area contributed by atoms with Crippen LogP contribution in [-0.4, -0.2) is 23.9 Å². The number of carbonyl (C=O) groups is 1. The van der Waals surface area contributed by atoms with Crippen molar-refractivity contribution in [1.29, 1.82) is 0 Å². The molecule has 6 aromatic carbocycles. The maximum atomic E-state index is 11.3. The third-order valence-corrected chi connectivity index (χ3v) is 8.91. The Hall–Kier alpha value is -4.90. The third-order valence-electron chi connectivity index (χ3n) is 7.63. The van der Waals surface area contributed by atoms with Crippen LogP contribution in [0, 0.1) is 0 Å². The van der Waals surface area contributed by atoms with Crippen LogP contribution in [0.4, 0.5) is 0 Å². The van der Waals surface area contributed by atoms with Crippen LogP contribution in [0.3, 0.4) is 0 Å². The predicted octanol–water partition coefficient (Wildman–Crippen LogP) is 10.3. The maximum Gasteiger partial charge on any atom is 0.315 e. The van der Waals surface area contributed by atoms with Gasteiger partial charge in [-0.2, -0.15) is 0 Å². The van der Waals surface area contributed by atoms with Gasteiger partial charge in [0.2, 0.25) is 0 Å². The number of esters is 1. The Morgan fingerprint density at radius 1 is 0.511 bits per heavy atom. The summed E-state index contributed by atoms with van der Waals surface area (Å²) >= 11 is 1.59. The van der Waals surface area contributed by atoms with E-state index < -0.39 is 6.10 Å². The molecule has 6 aromatic rings. The number of rotatable bonds is 9. The molecule has 0 fully saturated rings. The van der Waals surface area contributed by atoms with Gasteiger partial charge < -0.3 is 9.84 Å². The number of methoxy groups -OCH3 is 1. The molecule has 0 aromatic heterocycles. The summed E-state index contributed by atoms with van der Waals surface area (Å²) in [6.07, 6.45) is -0.516. The third kappa shape index (κ3) is 11.4. The van der Waals surface area contributed by atoms with E-state index in [2.05, 4.69) is 91.9 Å². The van der Waals surface area contributed by atoms with E-state index in [1.807, 2.05) is 97.1 Å². The Morgan fingerprint density at radius 2 is 0.787 bits per heavy atom. The molecule has 1 N–H and O–H groups in total. The number of hydrogen-bond donors (Lipinski definition) is 1. The molecule has 0 spiro atoms. The molecule has 0 aliphatic carbocycles. The number of carbonyl (C=O) groups excluding carboxylic acids is 1. The minimum absolute atomic E-state index is 0.154. The Labute approximate surface area is 283 Å². The van der Waals surface area contributed by atoms with Crippen LogP contribution in [0.5, 0.6) is 0 Å². The van der Waals surface area contributed by atoms with Crippen molar-refractivity contribution in [3.8, 4) is 0 Å². The predicted molar refractivity (Wildman–Crippen MR) is 197 cm³/mol. The Balaban J connectivity index is 0.000000162. The highest BCUT2D eigenvalue weighted by Crippen LogP contribution is 2.35. The molecule has 0 atom stereocenters. The molecule has 4 heteroatoms.